The van der Waals surface area contributed by atoms with E-state index in [0.717, 1.165) is 0 Å². The van der Waals surface area contributed by atoms with Crippen molar-refractivity contribution in [1.29, 1.82) is 0 Å². The van der Waals surface area contributed by atoms with Gasteiger partial charge >= 0.3 is 5.96 Å². The molecule has 0 spiro atoms. The highest BCUT2D eigenvalue weighted by molar-refractivity contribution is 6.32. The van der Waals surface area contributed by atoms with Crippen molar-refractivity contribution in [2.75, 3.05) is 14.2 Å². The zero-order valence-electron chi connectivity index (χ0n) is 10.1. The summed E-state index contributed by atoms with van der Waals surface area (Å²) in [5, 5.41) is 0.427. The summed E-state index contributed by atoms with van der Waals surface area (Å²) >= 11 is 5.97. The molecule has 0 bridgehead atoms. The summed E-state index contributed by atoms with van der Waals surface area (Å²) in [6.07, 6.45) is 0. The summed E-state index contributed by atoms with van der Waals surface area (Å²) in [7, 11) is 3.02. The average molecular weight is 274 g/mol. The van der Waals surface area contributed by atoms with E-state index in [1.807, 2.05) is 0 Å². The first kappa shape index (κ1) is 13.9. The lowest BCUT2D eigenvalue weighted by molar-refractivity contribution is -0.459. The third-order valence-corrected chi connectivity index (χ3v) is 2.32. The van der Waals surface area contributed by atoms with Crippen LogP contribution in [0.3, 0.4) is 0 Å². The Morgan fingerprint density at radius 1 is 1.11 bits per heavy atom. The molecule has 0 aliphatic carbocycles. The van der Waals surface area contributed by atoms with Crippen molar-refractivity contribution in [2.24, 2.45) is 17.2 Å². The minimum atomic E-state index is -0.0279. The topological polar surface area (TPSA) is 124 Å². The Hall–Kier alpha value is -2.15. The summed E-state index contributed by atoms with van der Waals surface area (Å²) in [4.78, 5) is 5.35. The van der Waals surface area contributed by atoms with Crippen LogP contribution in [-0.2, 0) is 0 Å². The fourth-order valence-corrected chi connectivity index (χ4v) is 1.52. The Balaban J connectivity index is 3.26. The molecule has 0 aliphatic rings. The number of hydrogen-bond acceptors (Lipinski definition) is 2. The van der Waals surface area contributed by atoms with Gasteiger partial charge in [0.1, 0.15) is 5.75 Å². The summed E-state index contributed by atoms with van der Waals surface area (Å²) in [5.74, 6) is 1.11. The molecule has 1 rings (SSSR count). The van der Waals surface area contributed by atoms with Gasteiger partial charge in [0.2, 0.25) is 5.69 Å². The van der Waals surface area contributed by atoms with Crippen molar-refractivity contribution < 1.29 is 19.5 Å². The van der Waals surface area contributed by atoms with E-state index < -0.39 is 0 Å². The summed E-state index contributed by atoms with van der Waals surface area (Å²) in [6.45, 7) is 0. The smallest absolute Gasteiger partial charge is 0.495 e. The third-order valence-electron chi connectivity index (χ3n) is 2.02. The van der Waals surface area contributed by atoms with Gasteiger partial charge in [-0.2, -0.15) is 4.99 Å². The van der Waals surface area contributed by atoms with E-state index in [1.54, 1.807) is 12.1 Å². The fraction of sp³-hybridized carbons (Fsp3) is 0.200. The van der Waals surface area contributed by atoms with Crippen LogP contribution in [0.25, 0.3) is 0 Å². The molecule has 0 unspecified atom stereocenters. The lowest BCUT2D eigenvalue weighted by Gasteiger charge is -2.06. The van der Waals surface area contributed by atoms with Gasteiger partial charge in [-0.15, -0.1) is 4.99 Å². The van der Waals surface area contributed by atoms with Crippen molar-refractivity contribution in [2.45, 2.75) is 0 Å². The Bertz CT molecular complexity index is 497. The monoisotopic (exact) mass is 273 g/mol. The fourth-order valence-electron chi connectivity index (χ4n) is 1.29. The zero-order chi connectivity index (χ0) is 13.7. The van der Waals surface area contributed by atoms with Crippen molar-refractivity contribution in [1.82, 2.24) is 0 Å². The summed E-state index contributed by atoms with van der Waals surface area (Å²) < 4.78 is 10.3. The van der Waals surface area contributed by atoms with E-state index in [1.165, 1.54) is 14.2 Å². The molecule has 18 heavy (non-hydrogen) atoms. The quantitative estimate of drug-likeness (QED) is 0.292. The number of halogens is 1. The number of rotatable bonds is 3. The minimum Gasteiger partial charge on any atom is -0.495 e. The van der Waals surface area contributed by atoms with Gasteiger partial charge in [0.15, 0.2) is 5.75 Å². The van der Waals surface area contributed by atoms with Gasteiger partial charge < -0.3 is 20.9 Å². The number of nitrogens with two attached hydrogens (primary N) is 3. The Morgan fingerprint density at radius 3 is 2.22 bits per heavy atom. The van der Waals surface area contributed by atoms with Crippen molar-refractivity contribution in [3.8, 4) is 11.5 Å². The van der Waals surface area contributed by atoms with Crippen LogP contribution in [0, 0.1) is 0 Å². The minimum absolute atomic E-state index is 0.0279. The van der Waals surface area contributed by atoms with Gasteiger partial charge in [0, 0.05) is 12.1 Å². The first-order chi connectivity index (χ1) is 8.47. The lowest BCUT2D eigenvalue weighted by Crippen LogP contribution is -2.96. The molecule has 0 atom stereocenters. The second-order valence-electron chi connectivity index (χ2n) is 3.31. The van der Waals surface area contributed by atoms with Crippen LogP contribution in [0.15, 0.2) is 12.1 Å². The molecule has 8 N–H and O–H groups in total. The van der Waals surface area contributed by atoms with E-state index in [0.29, 0.717) is 22.2 Å². The van der Waals surface area contributed by atoms with E-state index in [-0.39, 0.29) is 11.9 Å². The van der Waals surface area contributed by atoms with Gasteiger partial charge in [-0.25, -0.2) is 5.73 Å². The molecule has 8 heteroatoms. The molecule has 7 nitrogen and oxygen atoms in total. The predicted octanol–water partition coefficient (Wildman–Crippen LogP) is -3.26. The molecule has 0 aliphatic heterocycles. The number of hydrogen-bond donors (Lipinski definition) is 5. The lowest BCUT2D eigenvalue weighted by atomic mass is 10.2. The summed E-state index contributed by atoms with van der Waals surface area (Å²) in [6, 6.07) is 3.24. The molecular weight excluding hydrogens is 258 g/mol. The second-order valence-corrected chi connectivity index (χ2v) is 3.71. The van der Waals surface area contributed by atoms with Crippen LogP contribution >= 0.6 is 11.6 Å². The first-order valence-electron chi connectivity index (χ1n) is 4.93. The van der Waals surface area contributed by atoms with Crippen LogP contribution in [0.2, 0.25) is 5.02 Å². The van der Waals surface area contributed by atoms with Gasteiger partial charge in [-0.05, 0) is 0 Å². The standard InChI is InChI=1S/C10H14ClN5O2/c1-17-7-4-6(8(18-2)3-5(7)11)15-10(14)16-9(12)13/h3-4H,1-2H3,(H6,12,13,14,15,16)/p+2. The van der Waals surface area contributed by atoms with E-state index in [2.05, 4.69) is 9.98 Å². The molecule has 0 aromatic heterocycles. The van der Waals surface area contributed by atoms with Gasteiger partial charge in [0.25, 0.3) is 5.96 Å². The molecule has 1 aromatic rings. The SMILES string of the molecule is COc1cc([NH+]=C(N)[NH+]=C(N)N)c(OC)cc1Cl. The van der Waals surface area contributed by atoms with Gasteiger partial charge in [-0.3, -0.25) is 0 Å². The van der Waals surface area contributed by atoms with Crippen LogP contribution in [0.1, 0.15) is 0 Å². The van der Waals surface area contributed by atoms with E-state index in [9.17, 15) is 0 Å². The normalized spacial score (nSPS) is 10.9. The molecule has 0 radical (unpaired) electrons. The largest absolute Gasteiger partial charge is 0.522 e. The molecule has 0 amide bonds. The Labute approximate surface area is 109 Å². The van der Waals surface area contributed by atoms with E-state index >= 15 is 0 Å². The molecule has 0 heterocycles. The van der Waals surface area contributed by atoms with Crippen LogP contribution in [0.4, 0.5) is 5.69 Å². The van der Waals surface area contributed by atoms with Crippen molar-refractivity contribution >= 4 is 29.2 Å². The molecule has 0 saturated heterocycles. The van der Waals surface area contributed by atoms with Crippen LogP contribution in [0.5, 0.6) is 11.5 Å². The van der Waals surface area contributed by atoms with Crippen LogP contribution < -0.4 is 36.7 Å². The Kier molecular flexibility index (Phi) is 4.61. The molecule has 1 aromatic carbocycles. The summed E-state index contributed by atoms with van der Waals surface area (Å²) in [5.41, 5.74) is 16.7. The highest BCUT2D eigenvalue weighted by Crippen LogP contribution is 2.32. The maximum absolute atomic E-state index is 5.97. The predicted molar refractivity (Wildman–Crippen MR) is 68.7 cm³/mol. The number of ether oxygens (including phenoxy) is 2. The molecule has 98 valence electrons. The van der Waals surface area contributed by atoms with Gasteiger partial charge in [0.05, 0.1) is 19.2 Å². The third kappa shape index (κ3) is 3.42. The first-order valence-corrected chi connectivity index (χ1v) is 5.31. The molecular formula is C10H16ClN5O2+2. The van der Waals surface area contributed by atoms with Crippen molar-refractivity contribution in [3.63, 3.8) is 0 Å². The Morgan fingerprint density at radius 2 is 1.72 bits per heavy atom. The maximum Gasteiger partial charge on any atom is 0.522 e. The average Bonchev–Trinajstić information content (AvgIpc) is 2.29. The molecule has 0 saturated carbocycles. The number of methoxy groups -OCH3 is 2. The highest BCUT2D eigenvalue weighted by atomic mass is 35.5. The maximum atomic E-state index is 5.97. The number of guanidine groups is 2. The van der Waals surface area contributed by atoms with E-state index in [4.69, 9.17) is 38.3 Å². The number of benzene rings is 1. The highest BCUT2D eigenvalue weighted by Gasteiger charge is 2.14. The van der Waals surface area contributed by atoms with Gasteiger partial charge in [-0.1, -0.05) is 11.6 Å². The number of nitrogens with one attached hydrogen (secondary N) is 2. The molecule has 0 fully saturated rings. The zero-order valence-corrected chi connectivity index (χ0v) is 10.8. The second kappa shape index (κ2) is 5.97. The van der Waals surface area contributed by atoms with Crippen molar-refractivity contribution in [3.05, 3.63) is 17.2 Å². The van der Waals surface area contributed by atoms with Crippen LogP contribution in [-0.4, -0.2) is 26.1 Å².